The molecule has 11 rings (SSSR count). The molecule has 4 aromatic rings. The van der Waals surface area contributed by atoms with Gasteiger partial charge >= 0.3 is 18.2 Å². The Morgan fingerprint density at radius 3 is 1.83 bits per heavy atom. The minimum Gasteiger partial charge on any atom is -0.462 e. The van der Waals surface area contributed by atoms with Gasteiger partial charge in [0.1, 0.15) is 31.1 Å². The summed E-state index contributed by atoms with van der Waals surface area (Å²) in [5.74, 6) is -3.43. The number of hydrogen-bond donors (Lipinski definition) is 2. The monoisotopic (exact) mass is 1420 g/mol. The Labute approximate surface area is 567 Å². The number of rotatable bonds is 29. The molecule has 0 unspecified atom stereocenters. The lowest BCUT2D eigenvalue weighted by molar-refractivity contribution is -0.169. The number of nitrogens with zero attached hydrogens (tertiary/aromatic N) is 6. The maximum absolute atomic E-state index is 16.0. The number of para-hydroxylation sites is 2. The van der Waals surface area contributed by atoms with Crippen molar-refractivity contribution in [2.24, 2.45) is 0 Å². The van der Waals surface area contributed by atoms with E-state index in [1.54, 1.807) is 106 Å². The Hall–Kier alpha value is -6.94. The van der Waals surface area contributed by atoms with Crippen molar-refractivity contribution in [3.63, 3.8) is 0 Å². The molecule has 0 aliphatic carbocycles. The molecule has 7 aliphatic rings. The molecule has 5 fully saturated rings. The highest BCUT2D eigenvalue weighted by molar-refractivity contribution is 8.78. The summed E-state index contributed by atoms with van der Waals surface area (Å²) in [4.78, 5) is 111. The summed E-state index contributed by atoms with van der Waals surface area (Å²) >= 11 is 0. The van der Waals surface area contributed by atoms with Crippen LogP contribution in [0.5, 0.6) is 0 Å². The van der Waals surface area contributed by atoms with Crippen molar-refractivity contribution < 1.29 is 83.6 Å². The van der Waals surface area contributed by atoms with E-state index in [4.69, 9.17) is 28.4 Å². The highest BCUT2D eigenvalue weighted by atomic mass is 33.1. The number of unbranched alkanes of at least 4 members (excludes halogenated alkanes) is 1. The number of ether oxygens (including phenoxy) is 6. The zero-order chi connectivity index (χ0) is 68.1. The predicted molar refractivity (Wildman–Crippen MR) is 356 cm³/mol. The molecule has 2 bridgehead atoms. The second kappa shape index (κ2) is 29.0. The topological polar surface area (TPSA) is 304 Å². The molecule has 5 saturated heterocycles. The van der Waals surface area contributed by atoms with Gasteiger partial charge in [-0.15, -0.1) is 0 Å². The van der Waals surface area contributed by atoms with Crippen LogP contribution in [-0.2, 0) is 88.1 Å². The lowest BCUT2D eigenvalue weighted by atomic mass is 9.54. The fourth-order valence-corrected chi connectivity index (χ4v) is 22.2. The van der Waals surface area contributed by atoms with Crippen LogP contribution in [0.15, 0.2) is 119 Å². The van der Waals surface area contributed by atoms with E-state index in [-0.39, 0.29) is 110 Å². The first kappa shape index (κ1) is 70.8. The maximum Gasteiger partial charge on any atom is 0.508 e. The molecule has 1 spiro atoms. The van der Waals surface area contributed by atoms with E-state index in [1.165, 1.54) is 73.5 Å². The van der Waals surface area contributed by atoms with Crippen molar-refractivity contribution in [2.45, 2.75) is 108 Å². The van der Waals surface area contributed by atoms with Crippen molar-refractivity contribution in [1.29, 1.82) is 0 Å². The summed E-state index contributed by atoms with van der Waals surface area (Å²) in [6.07, 6.45) is -3.73. The Kier molecular flexibility index (Phi) is 21.6. The zero-order valence-electron chi connectivity index (χ0n) is 53.3. The van der Waals surface area contributed by atoms with Crippen molar-refractivity contribution in [1.82, 2.24) is 30.2 Å². The van der Waals surface area contributed by atoms with Crippen LogP contribution in [0.2, 0.25) is 0 Å². The average molecular weight is 1430 g/mol. The van der Waals surface area contributed by atoms with E-state index in [0.717, 1.165) is 43.2 Å². The summed E-state index contributed by atoms with van der Waals surface area (Å²) in [5, 5.41) is 5.35. The van der Waals surface area contributed by atoms with Gasteiger partial charge < -0.3 is 53.8 Å². The predicted octanol–water partition coefficient (Wildman–Crippen LogP) is 6.06. The first-order chi connectivity index (χ1) is 45.3. The molecule has 6 amide bonds. The van der Waals surface area contributed by atoms with Gasteiger partial charge in [0.2, 0.25) is 22.6 Å². The van der Waals surface area contributed by atoms with Crippen LogP contribution in [0.25, 0.3) is 0 Å². The van der Waals surface area contributed by atoms with Crippen LogP contribution in [0.1, 0.15) is 70.9 Å². The highest BCUT2D eigenvalue weighted by Crippen LogP contribution is 2.77. The fourth-order valence-electron chi connectivity index (χ4n) is 13.3. The van der Waals surface area contributed by atoms with Gasteiger partial charge in [0, 0.05) is 53.5 Å². The third-order valence-corrected chi connectivity index (χ3v) is 26.7. The SMILES string of the molecule is CC(=O)OC[C@]12SS[C@@]3(C[C@]4([C@]56CCN(C(=O)CSSCC(=O)N(C)CCOC(=O)OCCCCC(=O)NCCOCCOCCNC(=O)OC(C)(C)C)[C@H]5N(S(=O)(=O)c5ccccc5)c5ccccc56)c5ccccc5N(S(=O)(=O)c5ccccc5)[C@@H]4N3C1=O)C(=O)N2C. The van der Waals surface area contributed by atoms with Gasteiger partial charge in [-0.25, -0.2) is 35.0 Å². The number of alkyl carbamates (subject to hydrolysis) is 1. The number of esters is 1. The quantitative estimate of drug-likeness (QED) is 0.0270. The van der Waals surface area contributed by atoms with Crippen molar-refractivity contribution in [2.75, 3.05) is 107 Å². The van der Waals surface area contributed by atoms with E-state index < -0.39 is 101 Å². The molecule has 4 aromatic carbocycles. The van der Waals surface area contributed by atoms with E-state index >= 15 is 31.2 Å². The number of likely N-dealkylation sites (N-methyl/N-ethyl adjacent to an activating group) is 2. The molecule has 7 heterocycles. The van der Waals surface area contributed by atoms with E-state index in [0.29, 0.717) is 43.7 Å². The summed E-state index contributed by atoms with van der Waals surface area (Å²) in [5.41, 5.74) is -2.74. The summed E-state index contributed by atoms with van der Waals surface area (Å²) < 4.78 is 97.7. The Balaban J connectivity index is 0.801. The fraction of sp³-hybridized carbons (Fsp3) is 0.492. The lowest BCUT2D eigenvalue weighted by Crippen LogP contribution is -2.78. The molecule has 0 aromatic heterocycles. The Morgan fingerprint density at radius 2 is 1.22 bits per heavy atom. The largest absolute Gasteiger partial charge is 0.508 e. The normalized spacial score (nSPS) is 23.1. The standard InChI is InChI=1S/C63H76N8O18S6/c1-43(72)88-42-63-56(77)69-54-61(41-62(69,92-93-63)55(76)67(63)6,47-24-14-16-26-49(47)71(54)95(82,83)45-21-11-8-12-22-45)60-28-31-68(53(60)70(48-25-15-13-23-46(48)60)94(80,81)44-19-9-7-10-20-44)52(75)40-91-90-39-51(74)66(5)32-36-87-58(79)86-33-18-17-27-50(73)64-29-34-84-37-38-85-35-30-65-57(78)89-59(2,3)4/h7-16,19-26,53-54H,17-18,27-42H2,1-6H3,(H,64,73)(H,65,78)/t53-,54-,60-,61-,62-,63-/m0/s1. The number of amides is 6. The van der Waals surface area contributed by atoms with Gasteiger partial charge in [0.25, 0.3) is 31.9 Å². The maximum atomic E-state index is 16.0. The number of carbonyl (C=O) groups excluding carboxylic acids is 8. The van der Waals surface area contributed by atoms with Crippen molar-refractivity contribution in [3.8, 4) is 0 Å². The number of anilines is 2. The molecular weight excluding hydrogens is 1350 g/mol. The third kappa shape index (κ3) is 13.5. The first-order valence-corrected chi connectivity index (χ1v) is 38.3. The number of benzene rings is 4. The molecule has 7 aliphatic heterocycles. The van der Waals surface area contributed by atoms with E-state index in [1.807, 2.05) is 0 Å². The van der Waals surface area contributed by atoms with Crippen molar-refractivity contribution in [3.05, 3.63) is 120 Å². The van der Waals surface area contributed by atoms with Gasteiger partial charge in [0.05, 0.1) is 83.1 Å². The van der Waals surface area contributed by atoms with E-state index in [2.05, 4.69) is 10.6 Å². The summed E-state index contributed by atoms with van der Waals surface area (Å²) in [7, 11) is -2.12. The molecule has 2 N–H and O–H groups in total. The molecular formula is C63H76N8O18S6. The van der Waals surface area contributed by atoms with Crippen LogP contribution in [-0.4, -0.2) is 210 Å². The molecule has 26 nitrogen and oxygen atoms in total. The molecule has 512 valence electrons. The second-order valence-electron chi connectivity index (χ2n) is 24.3. The van der Waals surface area contributed by atoms with Gasteiger partial charge in [-0.3, -0.25) is 33.7 Å². The number of piperazine rings is 1. The number of sulfonamides is 2. The number of nitrogens with one attached hydrogen (secondary N) is 2. The minimum atomic E-state index is -4.71. The zero-order valence-corrected chi connectivity index (χ0v) is 58.2. The molecule has 0 radical (unpaired) electrons. The van der Waals surface area contributed by atoms with Gasteiger partial charge in [-0.1, -0.05) is 105 Å². The van der Waals surface area contributed by atoms with Crippen LogP contribution < -0.4 is 19.2 Å². The van der Waals surface area contributed by atoms with Gasteiger partial charge in [-0.2, -0.15) is 0 Å². The number of likely N-dealkylation sites (tertiary alicyclic amines) is 1. The highest BCUT2D eigenvalue weighted by Gasteiger charge is 2.86. The van der Waals surface area contributed by atoms with Gasteiger partial charge in [-0.05, 0) is 98.4 Å². The third-order valence-electron chi connectivity index (χ3n) is 17.4. The average Bonchev–Trinajstić information content (AvgIpc) is 1.46. The smallest absolute Gasteiger partial charge is 0.462 e. The minimum absolute atomic E-state index is 0.00218. The van der Waals surface area contributed by atoms with Crippen LogP contribution in [0, 0.1) is 0 Å². The number of fused-ring (bicyclic) bond motifs is 9. The first-order valence-electron chi connectivity index (χ1n) is 30.8. The summed E-state index contributed by atoms with van der Waals surface area (Å²) in [6, 6.07) is 29.0. The van der Waals surface area contributed by atoms with Crippen molar-refractivity contribution >= 4 is 122 Å². The molecule has 32 heteroatoms. The van der Waals surface area contributed by atoms with Crippen LogP contribution >= 0.6 is 43.2 Å². The number of hydrogen-bond acceptors (Lipinski definition) is 22. The number of carbonyl (C=O) groups is 8. The second-order valence-corrected chi connectivity index (χ2v) is 33.0. The lowest BCUT2D eigenvalue weighted by Gasteiger charge is -2.58. The Bertz CT molecular complexity index is 3800. The molecule has 6 atom stereocenters. The van der Waals surface area contributed by atoms with Crippen LogP contribution in [0.4, 0.5) is 21.0 Å². The van der Waals surface area contributed by atoms with E-state index in [9.17, 15) is 24.0 Å². The molecule has 0 saturated carbocycles. The molecule has 95 heavy (non-hydrogen) atoms. The Morgan fingerprint density at radius 1 is 0.663 bits per heavy atom. The van der Waals surface area contributed by atoms with Gasteiger partial charge in [0.15, 0.2) is 4.87 Å². The van der Waals surface area contributed by atoms with Crippen LogP contribution in [0.3, 0.4) is 0 Å². The summed E-state index contributed by atoms with van der Waals surface area (Å²) in [6.45, 7) is 7.45.